The van der Waals surface area contributed by atoms with Gasteiger partial charge in [-0.05, 0) is 30.5 Å². The van der Waals surface area contributed by atoms with E-state index in [-0.39, 0.29) is 12.0 Å². The Morgan fingerprint density at radius 1 is 1.56 bits per heavy atom. The predicted molar refractivity (Wildman–Crippen MR) is 71.1 cm³/mol. The average Bonchev–Trinajstić information content (AvgIpc) is 2.38. The molecule has 2 N–H and O–H groups in total. The molecule has 1 aliphatic heterocycles. The number of benzene rings is 1. The molecule has 2 rings (SSSR count). The second-order valence-electron chi connectivity index (χ2n) is 4.83. The number of nitrogen functional groups attached to an aromatic ring is 1. The van der Waals surface area contributed by atoms with E-state index in [4.69, 9.17) is 10.5 Å². The lowest BCUT2D eigenvalue weighted by atomic mass is 9.96. The molecule has 0 fully saturated rings. The highest BCUT2D eigenvalue weighted by Crippen LogP contribution is 2.25. The molecule has 0 amide bonds. The first-order valence-corrected chi connectivity index (χ1v) is 6.29. The number of hydrogen-bond donors (Lipinski definition) is 1. The van der Waals surface area contributed by atoms with E-state index in [1.165, 1.54) is 18.2 Å². The Morgan fingerprint density at radius 2 is 2.33 bits per heavy atom. The smallest absolute Gasteiger partial charge is 0.307 e. The van der Waals surface area contributed by atoms with Crippen molar-refractivity contribution in [3.05, 3.63) is 29.3 Å². The van der Waals surface area contributed by atoms with Crippen LogP contribution in [0.4, 0.5) is 5.69 Å². The zero-order valence-electron chi connectivity index (χ0n) is 11.0. The third-order valence-corrected chi connectivity index (χ3v) is 3.64. The van der Waals surface area contributed by atoms with Crippen molar-refractivity contribution in [2.75, 3.05) is 19.4 Å². The van der Waals surface area contributed by atoms with Gasteiger partial charge >= 0.3 is 5.97 Å². The van der Waals surface area contributed by atoms with Crippen molar-refractivity contribution >= 4 is 11.7 Å². The highest BCUT2D eigenvalue weighted by molar-refractivity contribution is 5.69. The summed E-state index contributed by atoms with van der Waals surface area (Å²) in [5, 5.41) is 0. The molecule has 0 aliphatic carbocycles. The van der Waals surface area contributed by atoms with Gasteiger partial charge in [-0.25, -0.2) is 0 Å². The van der Waals surface area contributed by atoms with Gasteiger partial charge in [-0.1, -0.05) is 12.1 Å². The second kappa shape index (κ2) is 5.40. The summed E-state index contributed by atoms with van der Waals surface area (Å²) in [6.45, 7) is 3.87. The highest BCUT2D eigenvalue weighted by Gasteiger charge is 2.23. The van der Waals surface area contributed by atoms with Crippen molar-refractivity contribution in [1.82, 2.24) is 4.90 Å². The Bertz CT molecular complexity index is 445. The molecule has 0 spiro atoms. The van der Waals surface area contributed by atoms with Crippen molar-refractivity contribution in [3.63, 3.8) is 0 Å². The number of ether oxygens (including phenoxy) is 1. The molecule has 4 heteroatoms. The summed E-state index contributed by atoms with van der Waals surface area (Å²) in [6.07, 6.45) is 1.39. The Kier molecular flexibility index (Phi) is 3.87. The van der Waals surface area contributed by atoms with Crippen LogP contribution in [-0.2, 0) is 22.5 Å². The molecule has 1 atom stereocenters. The van der Waals surface area contributed by atoms with Gasteiger partial charge in [-0.2, -0.15) is 0 Å². The fraction of sp³-hybridized carbons (Fsp3) is 0.500. The molecular formula is C14H20N2O2. The molecule has 1 aromatic carbocycles. The molecule has 0 radical (unpaired) electrons. The van der Waals surface area contributed by atoms with Crippen LogP contribution >= 0.6 is 0 Å². The highest BCUT2D eigenvalue weighted by atomic mass is 16.5. The van der Waals surface area contributed by atoms with E-state index in [0.29, 0.717) is 6.42 Å². The summed E-state index contributed by atoms with van der Waals surface area (Å²) in [6, 6.07) is 6.25. The maximum Gasteiger partial charge on any atom is 0.307 e. The van der Waals surface area contributed by atoms with Gasteiger partial charge in [-0.15, -0.1) is 0 Å². The number of nitrogens with zero attached hydrogens (tertiary/aromatic N) is 1. The van der Waals surface area contributed by atoms with Crippen LogP contribution < -0.4 is 5.73 Å². The van der Waals surface area contributed by atoms with Crippen molar-refractivity contribution < 1.29 is 9.53 Å². The van der Waals surface area contributed by atoms with Crippen LogP contribution in [0.3, 0.4) is 0 Å². The van der Waals surface area contributed by atoms with Crippen molar-refractivity contribution in [3.8, 4) is 0 Å². The largest absolute Gasteiger partial charge is 0.469 e. The van der Waals surface area contributed by atoms with Crippen molar-refractivity contribution in [1.29, 1.82) is 0 Å². The van der Waals surface area contributed by atoms with E-state index >= 15 is 0 Å². The zero-order chi connectivity index (χ0) is 13.1. The maximum absolute atomic E-state index is 11.3. The molecule has 0 bridgehead atoms. The Labute approximate surface area is 108 Å². The van der Waals surface area contributed by atoms with Crippen LogP contribution in [0.25, 0.3) is 0 Å². The molecular weight excluding hydrogens is 228 g/mol. The van der Waals surface area contributed by atoms with Gasteiger partial charge in [0.25, 0.3) is 0 Å². The minimum Gasteiger partial charge on any atom is -0.469 e. The number of methoxy groups -OCH3 is 1. The third kappa shape index (κ3) is 2.64. The molecule has 1 aromatic rings. The van der Waals surface area contributed by atoms with Crippen LogP contribution in [0.15, 0.2) is 18.2 Å². The number of carbonyl (C=O) groups excluding carboxylic acids is 1. The van der Waals surface area contributed by atoms with Gasteiger partial charge in [0.05, 0.1) is 13.5 Å². The normalized spacial score (nSPS) is 17.0. The summed E-state index contributed by atoms with van der Waals surface area (Å²) in [7, 11) is 1.43. The number of anilines is 1. The van der Waals surface area contributed by atoms with E-state index in [2.05, 4.69) is 17.9 Å². The lowest BCUT2D eigenvalue weighted by Gasteiger charge is -2.33. The minimum atomic E-state index is -0.152. The van der Waals surface area contributed by atoms with E-state index in [1.807, 2.05) is 12.1 Å². The molecule has 1 aliphatic rings. The van der Waals surface area contributed by atoms with Gasteiger partial charge < -0.3 is 10.5 Å². The van der Waals surface area contributed by atoms with Gasteiger partial charge in [0, 0.05) is 24.8 Å². The number of esters is 1. The van der Waals surface area contributed by atoms with Crippen molar-refractivity contribution in [2.24, 2.45) is 0 Å². The topological polar surface area (TPSA) is 55.6 Å². The molecule has 18 heavy (non-hydrogen) atoms. The Balaban J connectivity index is 2.05. The fourth-order valence-corrected chi connectivity index (χ4v) is 2.49. The number of nitrogens with two attached hydrogens (primary N) is 1. The number of hydrogen-bond acceptors (Lipinski definition) is 4. The number of rotatable bonds is 3. The van der Waals surface area contributed by atoms with Gasteiger partial charge in [0.15, 0.2) is 0 Å². The minimum absolute atomic E-state index is 0.152. The summed E-state index contributed by atoms with van der Waals surface area (Å²) < 4.78 is 4.71. The molecule has 0 saturated carbocycles. The van der Waals surface area contributed by atoms with E-state index in [0.717, 1.165) is 25.2 Å². The SMILES string of the molecule is COC(=O)CC(C)N1CCc2c(N)cccc2C1. The van der Waals surface area contributed by atoms with E-state index in [1.54, 1.807) is 0 Å². The number of carbonyl (C=O) groups is 1. The van der Waals surface area contributed by atoms with E-state index < -0.39 is 0 Å². The maximum atomic E-state index is 11.3. The lowest BCUT2D eigenvalue weighted by molar-refractivity contribution is -0.142. The van der Waals surface area contributed by atoms with Gasteiger partial charge in [0.1, 0.15) is 0 Å². The molecule has 98 valence electrons. The zero-order valence-corrected chi connectivity index (χ0v) is 11.0. The Morgan fingerprint density at radius 3 is 3.06 bits per heavy atom. The van der Waals surface area contributed by atoms with Crippen LogP contribution in [0.5, 0.6) is 0 Å². The third-order valence-electron chi connectivity index (χ3n) is 3.64. The first-order valence-electron chi connectivity index (χ1n) is 6.29. The Hall–Kier alpha value is -1.55. The van der Waals surface area contributed by atoms with Crippen LogP contribution in [0.1, 0.15) is 24.5 Å². The van der Waals surface area contributed by atoms with E-state index in [9.17, 15) is 4.79 Å². The molecule has 0 aromatic heterocycles. The van der Waals surface area contributed by atoms with Crippen LogP contribution in [0, 0.1) is 0 Å². The summed E-state index contributed by atoms with van der Waals surface area (Å²) in [5.41, 5.74) is 9.39. The number of fused-ring (bicyclic) bond motifs is 1. The van der Waals surface area contributed by atoms with Crippen LogP contribution in [-0.4, -0.2) is 30.6 Å². The second-order valence-corrected chi connectivity index (χ2v) is 4.83. The van der Waals surface area contributed by atoms with Gasteiger partial charge in [0.2, 0.25) is 0 Å². The average molecular weight is 248 g/mol. The summed E-state index contributed by atoms with van der Waals surface area (Å²) >= 11 is 0. The predicted octanol–water partition coefficient (Wildman–Crippen LogP) is 1.58. The molecule has 1 unspecified atom stereocenters. The molecule has 1 heterocycles. The van der Waals surface area contributed by atoms with Gasteiger partial charge in [-0.3, -0.25) is 9.69 Å². The quantitative estimate of drug-likeness (QED) is 0.652. The fourth-order valence-electron chi connectivity index (χ4n) is 2.49. The molecule has 0 saturated heterocycles. The van der Waals surface area contributed by atoms with Crippen molar-refractivity contribution in [2.45, 2.75) is 32.4 Å². The summed E-state index contributed by atoms with van der Waals surface area (Å²) in [4.78, 5) is 13.6. The monoisotopic (exact) mass is 248 g/mol. The first-order chi connectivity index (χ1) is 8.61. The summed E-state index contributed by atoms with van der Waals surface area (Å²) in [5.74, 6) is -0.152. The first kappa shape index (κ1) is 12.9. The molecule has 4 nitrogen and oxygen atoms in total. The standard InChI is InChI=1S/C14H20N2O2/c1-10(8-14(17)18-2)16-7-6-12-11(9-16)4-3-5-13(12)15/h3-5,10H,6-9,15H2,1-2H3. The van der Waals surface area contributed by atoms with Crippen LogP contribution in [0.2, 0.25) is 0 Å². The lowest BCUT2D eigenvalue weighted by Crippen LogP contribution is -2.39.